The van der Waals surface area contributed by atoms with Crippen LogP contribution in [-0.4, -0.2) is 104 Å². The summed E-state index contributed by atoms with van der Waals surface area (Å²) in [7, 11) is 1.36. The number of pyridine rings is 2. The summed E-state index contributed by atoms with van der Waals surface area (Å²) in [5.74, 6) is -2.27. The molecule has 3 saturated heterocycles. The summed E-state index contributed by atoms with van der Waals surface area (Å²) >= 11 is 6.64. The number of alkyl halides is 1. The van der Waals surface area contributed by atoms with Gasteiger partial charge in [0.15, 0.2) is 11.6 Å². The fraction of sp³-hybridized carbons (Fsp3) is 0.378. The van der Waals surface area contributed by atoms with Crippen molar-refractivity contribution in [3.63, 3.8) is 0 Å². The zero-order chi connectivity index (χ0) is 37.2. The largest absolute Gasteiger partial charge is 0.467 e. The Morgan fingerprint density at radius 3 is 2.77 bits per heavy atom. The van der Waals surface area contributed by atoms with E-state index in [2.05, 4.69) is 41.1 Å². The van der Waals surface area contributed by atoms with Gasteiger partial charge in [0.1, 0.15) is 23.2 Å². The van der Waals surface area contributed by atoms with Gasteiger partial charge in [0.2, 0.25) is 0 Å². The highest BCUT2D eigenvalue weighted by molar-refractivity contribution is 6.35. The second-order valence-electron chi connectivity index (χ2n) is 13.3. The van der Waals surface area contributed by atoms with E-state index in [0.29, 0.717) is 51.2 Å². The number of aromatic nitrogens is 6. The number of anilines is 1. The number of H-pyrrole nitrogens is 1. The van der Waals surface area contributed by atoms with E-state index >= 15 is 4.39 Å². The number of piperazine rings is 1. The molecule has 16 heteroatoms. The number of aromatic amines is 1. The molecule has 0 spiro atoms. The van der Waals surface area contributed by atoms with E-state index in [-0.39, 0.29) is 48.7 Å². The predicted molar refractivity (Wildman–Crippen MR) is 194 cm³/mol. The SMILES string of the molecule is COc1nc(N2CCN(C(=O)/C(F)=C/c3ccccn3)C(CC#N)C2)c2cnc(-c3c(Cl)c(C)cc4[nH]ncc34)c(F)c2n1.FC1CC2CCCN2C1. The number of nitriles is 1. The van der Waals surface area contributed by atoms with E-state index in [1.54, 1.807) is 36.2 Å². The van der Waals surface area contributed by atoms with Gasteiger partial charge in [0.25, 0.3) is 5.91 Å². The maximum absolute atomic E-state index is 16.3. The van der Waals surface area contributed by atoms with Crippen molar-refractivity contribution in [1.29, 1.82) is 5.26 Å². The van der Waals surface area contributed by atoms with Crippen LogP contribution in [0.2, 0.25) is 5.02 Å². The van der Waals surface area contributed by atoms with Crippen molar-refractivity contribution in [1.82, 2.24) is 39.9 Å². The minimum absolute atomic E-state index is 0.0164. The summed E-state index contributed by atoms with van der Waals surface area (Å²) in [6.07, 6.45) is 8.31. The van der Waals surface area contributed by atoms with E-state index in [1.165, 1.54) is 37.2 Å². The lowest BCUT2D eigenvalue weighted by Crippen LogP contribution is -2.55. The molecule has 1 N–H and O–H groups in total. The molecular weight excluding hydrogens is 709 g/mol. The number of nitrogens with zero attached hydrogens (tertiary/aromatic N) is 9. The van der Waals surface area contributed by atoms with Crippen molar-refractivity contribution in [3.05, 3.63) is 70.8 Å². The molecule has 0 saturated carbocycles. The molecule has 1 amide bonds. The Hall–Kier alpha value is -5.33. The average molecular weight is 745 g/mol. The van der Waals surface area contributed by atoms with Gasteiger partial charge in [-0.2, -0.15) is 20.3 Å². The smallest absolute Gasteiger partial charge is 0.318 e. The van der Waals surface area contributed by atoms with Crippen LogP contribution in [0.3, 0.4) is 0 Å². The molecule has 3 fully saturated rings. The van der Waals surface area contributed by atoms with Crippen LogP contribution in [0.4, 0.5) is 19.0 Å². The zero-order valence-electron chi connectivity index (χ0n) is 29.1. The maximum Gasteiger partial charge on any atom is 0.318 e. The lowest BCUT2D eigenvalue weighted by Gasteiger charge is -2.41. The van der Waals surface area contributed by atoms with Crippen LogP contribution < -0.4 is 9.64 Å². The molecule has 53 heavy (non-hydrogen) atoms. The molecule has 8 rings (SSSR count). The van der Waals surface area contributed by atoms with Crippen LogP contribution in [0.1, 0.15) is 36.9 Å². The van der Waals surface area contributed by atoms with E-state index in [1.807, 2.05) is 6.07 Å². The van der Waals surface area contributed by atoms with Gasteiger partial charge < -0.3 is 14.5 Å². The minimum Gasteiger partial charge on any atom is -0.467 e. The molecule has 5 aromatic rings. The van der Waals surface area contributed by atoms with Crippen molar-refractivity contribution in [2.45, 2.75) is 50.9 Å². The second-order valence-corrected chi connectivity index (χ2v) is 13.6. The number of rotatable bonds is 6. The highest BCUT2D eigenvalue weighted by atomic mass is 35.5. The molecule has 0 radical (unpaired) electrons. The number of benzene rings is 1. The molecule has 3 atom stereocenters. The van der Waals surface area contributed by atoms with Gasteiger partial charge in [-0.3, -0.25) is 24.8 Å². The first-order chi connectivity index (χ1) is 25.7. The zero-order valence-corrected chi connectivity index (χ0v) is 29.8. The van der Waals surface area contributed by atoms with E-state index in [4.69, 9.17) is 16.3 Å². The highest BCUT2D eigenvalue weighted by Gasteiger charge is 2.36. The number of carbonyl (C=O) groups is 1. The number of ether oxygens (including phenoxy) is 1. The van der Waals surface area contributed by atoms with Crippen LogP contribution >= 0.6 is 11.6 Å². The third-order valence-electron chi connectivity index (χ3n) is 9.92. The lowest BCUT2D eigenvalue weighted by atomic mass is 10.0. The number of amides is 1. The van der Waals surface area contributed by atoms with E-state index in [0.717, 1.165) is 19.0 Å². The molecule has 1 aromatic carbocycles. The second kappa shape index (κ2) is 15.3. The van der Waals surface area contributed by atoms with Crippen LogP contribution in [0.25, 0.3) is 39.1 Å². The van der Waals surface area contributed by atoms with Crippen molar-refractivity contribution >= 4 is 51.2 Å². The third kappa shape index (κ3) is 7.21. The van der Waals surface area contributed by atoms with Crippen LogP contribution in [0.5, 0.6) is 6.01 Å². The molecule has 12 nitrogen and oxygen atoms in total. The Kier molecular flexibility index (Phi) is 10.4. The standard InChI is InChI=1S/C30H24ClF2N9O2.C7H12FN/c1-16-11-22-19(14-37-40-22)23(24(16)31)27-25(33)26-20(13-36-27)28(39-30(38-26)44-2)41-9-10-42(18(15-41)6-7-34)29(43)21(32)12-17-5-3-4-8-35-17;8-6-4-7-2-1-3-9(7)5-6/h3-5,8,11-14,18H,6,9-10,15H2,1-2H3,(H,37,40);6-7H,1-5H2/b21-12-;. The Bertz CT molecular complexity index is 2220. The number of carbonyl (C=O) groups excluding carboxylic acids is 1. The number of fused-ring (bicyclic) bond motifs is 3. The molecule has 274 valence electrons. The Morgan fingerprint density at radius 2 is 2.02 bits per heavy atom. The van der Waals surface area contributed by atoms with Crippen LogP contribution in [0.15, 0.2) is 48.7 Å². The van der Waals surface area contributed by atoms with Gasteiger partial charge in [-0.1, -0.05) is 17.7 Å². The number of nitrogens with one attached hydrogen (secondary N) is 1. The number of hydrogen-bond donors (Lipinski definition) is 1. The molecule has 3 aliphatic heterocycles. The van der Waals surface area contributed by atoms with Gasteiger partial charge in [0, 0.05) is 61.6 Å². The molecule has 7 heterocycles. The monoisotopic (exact) mass is 744 g/mol. The fourth-order valence-electron chi connectivity index (χ4n) is 7.37. The van der Waals surface area contributed by atoms with Gasteiger partial charge in [0.05, 0.1) is 53.5 Å². The first-order valence-electron chi connectivity index (χ1n) is 17.3. The van der Waals surface area contributed by atoms with E-state index in [9.17, 15) is 18.8 Å². The summed E-state index contributed by atoms with van der Waals surface area (Å²) in [4.78, 5) is 35.7. The molecule has 4 aromatic heterocycles. The van der Waals surface area contributed by atoms with Gasteiger partial charge in [-0.25, -0.2) is 13.2 Å². The third-order valence-corrected chi connectivity index (χ3v) is 10.4. The van der Waals surface area contributed by atoms with Crippen molar-refractivity contribution in [2.75, 3.05) is 44.7 Å². The summed E-state index contributed by atoms with van der Waals surface area (Å²) in [6.45, 7) is 4.07. The normalized spacial score (nSPS) is 20.3. The van der Waals surface area contributed by atoms with Gasteiger partial charge >= 0.3 is 6.01 Å². The summed E-state index contributed by atoms with van der Waals surface area (Å²) in [5, 5.41) is 17.7. The summed E-state index contributed by atoms with van der Waals surface area (Å²) < 4.78 is 49.2. The fourth-order valence-corrected chi connectivity index (χ4v) is 7.62. The van der Waals surface area contributed by atoms with Gasteiger partial charge in [-0.15, -0.1) is 0 Å². The van der Waals surface area contributed by atoms with Crippen LogP contribution in [0, 0.1) is 24.1 Å². The first-order valence-corrected chi connectivity index (χ1v) is 17.7. The number of halogens is 4. The summed E-state index contributed by atoms with van der Waals surface area (Å²) in [5.41, 5.74) is 1.98. The number of aryl methyl sites for hydroxylation is 1. The molecule has 3 unspecified atom stereocenters. The van der Waals surface area contributed by atoms with Crippen molar-refractivity contribution in [3.8, 4) is 23.3 Å². The highest BCUT2D eigenvalue weighted by Crippen LogP contribution is 2.40. The van der Waals surface area contributed by atoms with Crippen LogP contribution in [-0.2, 0) is 4.79 Å². The first kappa shape index (κ1) is 36.0. The Balaban J connectivity index is 0.000000418. The quantitative estimate of drug-likeness (QED) is 0.200. The molecule has 3 aliphatic rings. The Morgan fingerprint density at radius 1 is 1.17 bits per heavy atom. The number of methoxy groups -OCH3 is 1. The molecular formula is C37H36ClF3N10O2. The Labute approximate surface area is 308 Å². The summed E-state index contributed by atoms with van der Waals surface area (Å²) in [6, 6.07) is 8.68. The van der Waals surface area contributed by atoms with Crippen molar-refractivity contribution < 1.29 is 22.7 Å². The molecule has 0 aliphatic carbocycles. The average Bonchev–Trinajstić information content (AvgIpc) is 3.90. The maximum atomic E-state index is 16.3. The number of hydrogen-bond acceptors (Lipinski definition) is 10. The lowest BCUT2D eigenvalue weighted by molar-refractivity contribution is -0.131. The van der Waals surface area contributed by atoms with Gasteiger partial charge in [-0.05, 0) is 56.5 Å². The predicted octanol–water partition coefficient (Wildman–Crippen LogP) is 6.21. The molecule has 0 bridgehead atoms. The minimum atomic E-state index is -0.991. The van der Waals surface area contributed by atoms with E-state index < -0.39 is 29.8 Å². The van der Waals surface area contributed by atoms with Crippen molar-refractivity contribution in [2.24, 2.45) is 0 Å². The topological polar surface area (TPSA) is 140 Å².